The normalized spacial score (nSPS) is 16.1. The molecule has 4 nitrogen and oxygen atoms in total. The molecule has 0 bridgehead atoms. The maximum atomic E-state index is 12.4. The smallest absolute Gasteiger partial charge is 0.295 e. The molecule has 1 N–H and O–H groups in total. The molecule has 0 atom stereocenters. The van der Waals surface area contributed by atoms with Crippen LogP contribution in [0.5, 0.6) is 0 Å². The molecule has 122 valence electrons. The van der Waals surface area contributed by atoms with Crippen molar-refractivity contribution in [1.29, 1.82) is 0 Å². The molecule has 0 unspecified atom stereocenters. The summed E-state index contributed by atoms with van der Waals surface area (Å²) in [5.74, 6) is -0.357. The Morgan fingerprint density at radius 3 is 2.38 bits per heavy atom. The molecule has 7 heteroatoms. The number of hydrogen-bond donors (Lipinski definition) is 1. The average Bonchev–Trinajstić information content (AvgIpc) is 2.83. The number of amides is 2. The van der Waals surface area contributed by atoms with Crippen LogP contribution in [0, 0.1) is 0 Å². The molecular weight excluding hydrogens is 367 g/mol. The fourth-order valence-electron chi connectivity index (χ4n) is 2.14. The quantitative estimate of drug-likeness (QED) is 0.751. The van der Waals surface area contributed by atoms with Gasteiger partial charge in [0.1, 0.15) is 0 Å². The molecule has 1 heterocycles. The van der Waals surface area contributed by atoms with Gasteiger partial charge < -0.3 is 5.32 Å². The maximum Gasteiger partial charge on any atom is 0.295 e. The largest absolute Gasteiger partial charge is 0.366 e. The maximum absolute atomic E-state index is 12.4. The molecule has 24 heavy (non-hydrogen) atoms. The Kier molecular flexibility index (Phi) is 5.14. The van der Waals surface area contributed by atoms with Gasteiger partial charge in [-0.05, 0) is 41.6 Å². The van der Waals surface area contributed by atoms with Crippen LogP contribution in [0.4, 0.5) is 10.5 Å². The number of carbonyl (C=O) groups is 2. The van der Waals surface area contributed by atoms with Gasteiger partial charge in [-0.15, -0.1) is 0 Å². The van der Waals surface area contributed by atoms with Gasteiger partial charge in [-0.1, -0.05) is 53.5 Å². The molecule has 0 spiro atoms. The van der Waals surface area contributed by atoms with Crippen LogP contribution in [-0.4, -0.2) is 22.7 Å². The number of nitrogens with zero attached hydrogens (tertiary/aromatic N) is 1. The SMILES string of the molecule is O=C1S/C(=C/c2ccccc2Cl)C(=O)N1CNc1ccccc1Cl. The first kappa shape index (κ1) is 16.9. The summed E-state index contributed by atoms with van der Waals surface area (Å²) in [7, 11) is 0. The van der Waals surface area contributed by atoms with Crippen LogP contribution in [-0.2, 0) is 4.79 Å². The fourth-order valence-corrected chi connectivity index (χ4v) is 3.36. The van der Waals surface area contributed by atoms with E-state index in [2.05, 4.69) is 5.32 Å². The van der Waals surface area contributed by atoms with Crippen molar-refractivity contribution in [3.63, 3.8) is 0 Å². The van der Waals surface area contributed by atoms with Crippen molar-refractivity contribution in [2.24, 2.45) is 0 Å². The summed E-state index contributed by atoms with van der Waals surface area (Å²) in [6.07, 6.45) is 1.63. The number of rotatable bonds is 4. The van der Waals surface area contributed by atoms with Crippen LogP contribution in [0.3, 0.4) is 0 Å². The highest BCUT2D eigenvalue weighted by Gasteiger charge is 2.34. The van der Waals surface area contributed by atoms with Crippen LogP contribution >= 0.6 is 35.0 Å². The van der Waals surface area contributed by atoms with E-state index in [4.69, 9.17) is 23.2 Å². The third kappa shape index (κ3) is 3.59. The third-order valence-electron chi connectivity index (χ3n) is 3.37. The van der Waals surface area contributed by atoms with Gasteiger partial charge in [0.25, 0.3) is 11.1 Å². The average molecular weight is 379 g/mol. The molecule has 2 aromatic rings. The van der Waals surface area contributed by atoms with Crippen LogP contribution in [0.15, 0.2) is 53.4 Å². The van der Waals surface area contributed by atoms with Crippen LogP contribution in [0.1, 0.15) is 5.56 Å². The third-order valence-corrected chi connectivity index (χ3v) is 4.95. The van der Waals surface area contributed by atoms with E-state index in [-0.39, 0.29) is 17.8 Å². The van der Waals surface area contributed by atoms with E-state index in [1.165, 1.54) is 0 Å². The van der Waals surface area contributed by atoms with Crippen molar-refractivity contribution in [1.82, 2.24) is 4.90 Å². The Hall–Kier alpha value is -1.95. The van der Waals surface area contributed by atoms with E-state index >= 15 is 0 Å². The summed E-state index contributed by atoms with van der Waals surface area (Å²) in [5, 5.41) is 3.71. The lowest BCUT2D eigenvalue weighted by Gasteiger charge is -2.15. The van der Waals surface area contributed by atoms with Crippen molar-refractivity contribution < 1.29 is 9.59 Å². The Morgan fingerprint density at radius 1 is 1.00 bits per heavy atom. The Labute approximate surface area is 153 Å². The summed E-state index contributed by atoms with van der Waals surface area (Å²) in [6, 6.07) is 14.3. The van der Waals surface area contributed by atoms with Gasteiger partial charge in [0.05, 0.1) is 22.3 Å². The van der Waals surface area contributed by atoms with Crippen molar-refractivity contribution in [3.05, 3.63) is 69.0 Å². The number of imide groups is 1. The van der Waals surface area contributed by atoms with E-state index < -0.39 is 0 Å². The molecule has 1 aliphatic heterocycles. The van der Waals surface area contributed by atoms with E-state index in [9.17, 15) is 9.59 Å². The fraction of sp³-hybridized carbons (Fsp3) is 0.0588. The Bertz CT molecular complexity index is 839. The molecule has 1 aliphatic rings. The zero-order valence-corrected chi connectivity index (χ0v) is 14.7. The standard InChI is InChI=1S/C17H12Cl2N2O2S/c18-12-6-2-1-5-11(12)9-15-16(22)21(17(23)24-15)10-20-14-8-4-3-7-13(14)19/h1-9,20H,10H2/b15-9+. The van der Waals surface area contributed by atoms with Crippen LogP contribution in [0.25, 0.3) is 6.08 Å². The summed E-state index contributed by atoms with van der Waals surface area (Å²) in [6.45, 7) is 0.0499. The summed E-state index contributed by atoms with van der Waals surface area (Å²) in [4.78, 5) is 26.0. The van der Waals surface area contributed by atoms with Gasteiger partial charge in [0.15, 0.2) is 0 Å². The first-order chi connectivity index (χ1) is 11.6. The van der Waals surface area contributed by atoms with Gasteiger partial charge in [-0.3, -0.25) is 14.5 Å². The first-order valence-corrected chi connectivity index (χ1v) is 8.62. The van der Waals surface area contributed by atoms with Crippen LogP contribution in [0.2, 0.25) is 10.0 Å². The van der Waals surface area contributed by atoms with Gasteiger partial charge >= 0.3 is 0 Å². The lowest BCUT2D eigenvalue weighted by atomic mass is 10.2. The van der Waals surface area contributed by atoms with Crippen molar-refractivity contribution >= 4 is 57.9 Å². The van der Waals surface area contributed by atoms with E-state index in [0.717, 1.165) is 16.7 Å². The predicted molar refractivity (Wildman–Crippen MR) is 99.2 cm³/mol. The Balaban J connectivity index is 1.75. The number of anilines is 1. The zero-order valence-electron chi connectivity index (χ0n) is 12.3. The van der Waals surface area contributed by atoms with Gasteiger partial charge in [0, 0.05) is 5.02 Å². The number of benzene rings is 2. The molecule has 0 aliphatic carbocycles. The number of halogens is 2. The van der Waals surface area contributed by atoms with Crippen molar-refractivity contribution in [2.45, 2.75) is 0 Å². The highest BCUT2D eigenvalue weighted by Crippen LogP contribution is 2.33. The molecular formula is C17H12Cl2N2O2S. The topological polar surface area (TPSA) is 49.4 Å². The van der Waals surface area contributed by atoms with Gasteiger partial charge in [-0.25, -0.2) is 0 Å². The lowest BCUT2D eigenvalue weighted by Crippen LogP contribution is -2.33. The molecule has 2 aromatic carbocycles. The minimum Gasteiger partial charge on any atom is -0.366 e. The molecule has 0 radical (unpaired) electrons. The Morgan fingerprint density at radius 2 is 1.67 bits per heavy atom. The zero-order chi connectivity index (χ0) is 17.1. The second-order valence-electron chi connectivity index (χ2n) is 4.95. The van der Waals surface area contributed by atoms with Gasteiger partial charge in [0.2, 0.25) is 0 Å². The van der Waals surface area contributed by atoms with Gasteiger partial charge in [-0.2, -0.15) is 0 Å². The molecule has 3 rings (SSSR count). The number of hydrogen-bond acceptors (Lipinski definition) is 4. The number of carbonyl (C=O) groups excluding carboxylic acids is 2. The molecule has 2 amide bonds. The van der Waals surface area contributed by atoms with Crippen molar-refractivity contribution in [3.8, 4) is 0 Å². The summed E-state index contributed by atoms with van der Waals surface area (Å²) in [5.41, 5.74) is 1.36. The first-order valence-electron chi connectivity index (χ1n) is 7.04. The predicted octanol–water partition coefficient (Wildman–Crippen LogP) is 5.10. The monoisotopic (exact) mass is 378 g/mol. The second-order valence-corrected chi connectivity index (χ2v) is 6.75. The highest BCUT2D eigenvalue weighted by molar-refractivity contribution is 8.18. The number of nitrogens with one attached hydrogen (secondary N) is 1. The number of para-hydroxylation sites is 1. The molecule has 1 saturated heterocycles. The minimum absolute atomic E-state index is 0.0499. The van der Waals surface area contributed by atoms with E-state index in [1.54, 1.807) is 42.5 Å². The van der Waals surface area contributed by atoms with E-state index in [1.807, 2.05) is 12.1 Å². The molecule has 0 aromatic heterocycles. The lowest BCUT2D eigenvalue weighted by molar-refractivity contribution is -0.122. The summed E-state index contributed by atoms with van der Waals surface area (Å²) >= 11 is 13.0. The van der Waals surface area contributed by atoms with Crippen molar-refractivity contribution in [2.75, 3.05) is 12.0 Å². The molecule has 0 saturated carbocycles. The number of thioether (sulfide) groups is 1. The van der Waals surface area contributed by atoms with E-state index in [0.29, 0.717) is 26.2 Å². The second kappa shape index (κ2) is 7.30. The summed E-state index contributed by atoms with van der Waals surface area (Å²) < 4.78 is 0. The molecule has 1 fully saturated rings. The van der Waals surface area contributed by atoms with Crippen LogP contribution < -0.4 is 5.32 Å². The highest BCUT2D eigenvalue weighted by atomic mass is 35.5. The minimum atomic E-state index is -0.357.